The molecule has 0 N–H and O–H groups in total. The molecule has 0 aliphatic carbocycles. The maximum Gasteiger partial charge on any atom is 0.164 e. The molecule has 1 aromatic carbocycles. The highest BCUT2D eigenvalue weighted by molar-refractivity contribution is 6.16. The van der Waals surface area contributed by atoms with Crippen molar-refractivity contribution in [3.05, 3.63) is 30.3 Å². The van der Waals surface area contributed by atoms with Gasteiger partial charge in [0.1, 0.15) is 20.2 Å². The van der Waals surface area contributed by atoms with Gasteiger partial charge in [-0.15, -0.1) is 5.98 Å². The Bertz CT molecular complexity index is 337. The Balaban J connectivity index is 2.74. The Kier molecular flexibility index (Phi) is 4.61. The maximum atomic E-state index is 5.39. The molecule has 0 aliphatic rings. The summed E-state index contributed by atoms with van der Waals surface area (Å²) in [6.07, 6.45) is 1.72. The molecular formula is C11H13BO3. The van der Waals surface area contributed by atoms with Crippen LogP contribution in [0.5, 0.6) is 17.2 Å². The highest BCUT2D eigenvalue weighted by Crippen LogP contribution is 2.30. The normalized spacial score (nSPS) is 10.3. The predicted molar refractivity (Wildman–Crippen MR) is 59.9 cm³/mol. The van der Waals surface area contributed by atoms with Crippen LogP contribution in [0.25, 0.3) is 0 Å². The van der Waals surface area contributed by atoms with Crippen molar-refractivity contribution < 1.29 is 14.2 Å². The van der Waals surface area contributed by atoms with E-state index in [0.29, 0.717) is 23.9 Å². The molecule has 0 unspecified atom stereocenters. The Labute approximate surface area is 91.1 Å². The van der Waals surface area contributed by atoms with Crippen molar-refractivity contribution in [2.75, 3.05) is 20.8 Å². The molecule has 0 heterocycles. The fourth-order valence-corrected chi connectivity index (χ4v) is 1.11. The first-order valence-electron chi connectivity index (χ1n) is 4.53. The summed E-state index contributed by atoms with van der Waals surface area (Å²) in [5.74, 6) is 3.48. The van der Waals surface area contributed by atoms with Crippen molar-refractivity contribution in [3.8, 4) is 17.2 Å². The van der Waals surface area contributed by atoms with E-state index in [1.54, 1.807) is 32.4 Å². The average Bonchev–Trinajstić information content (AvgIpc) is 2.29. The number of rotatable bonds is 5. The molecule has 0 fully saturated rings. The van der Waals surface area contributed by atoms with Crippen LogP contribution in [-0.4, -0.2) is 28.7 Å². The SMILES string of the molecule is [B]C=CCOc1ccc(OC)c(OC)c1. The minimum atomic E-state index is 0.436. The van der Waals surface area contributed by atoms with E-state index in [4.69, 9.17) is 22.1 Å². The molecule has 0 atom stereocenters. The van der Waals surface area contributed by atoms with Crippen LogP contribution in [0.2, 0.25) is 0 Å². The molecule has 0 spiro atoms. The van der Waals surface area contributed by atoms with E-state index < -0.39 is 0 Å². The van der Waals surface area contributed by atoms with Gasteiger partial charge in [-0.25, -0.2) is 0 Å². The number of hydrogen-bond donors (Lipinski definition) is 0. The summed E-state index contributed by atoms with van der Waals surface area (Å²) >= 11 is 0. The van der Waals surface area contributed by atoms with Gasteiger partial charge in [0.2, 0.25) is 0 Å². The van der Waals surface area contributed by atoms with Gasteiger partial charge >= 0.3 is 0 Å². The first-order chi connectivity index (χ1) is 7.31. The van der Waals surface area contributed by atoms with Gasteiger partial charge in [-0.3, -0.25) is 0 Å². The molecule has 0 aliphatic heterocycles. The fraction of sp³-hybridized carbons (Fsp3) is 0.273. The smallest absolute Gasteiger partial charge is 0.164 e. The Morgan fingerprint density at radius 1 is 1.20 bits per heavy atom. The highest BCUT2D eigenvalue weighted by atomic mass is 16.5. The third-order valence-electron chi connectivity index (χ3n) is 1.84. The van der Waals surface area contributed by atoms with Crippen LogP contribution >= 0.6 is 0 Å². The zero-order valence-corrected chi connectivity index (χ0v) is 8.90. The molecule has 3 nitrogen and oxygen atoms in total. The summed E-state index contributed by atoms with van der Waals surface area (Å²) in [7, 11) is 8.37. The van der Waals surface area contributed by atoms with Crippen molar-refractivity contribution in [1.82, 2.24) is 0 Å². The topological polar surface area (TPSA) is 27.7 Å². The lowest BCUT2D eigenvalue weighted by Crippen LogP contribution is -1.95. The van der Waals surface area contributed by atoms with Gasteiger partial charge < -0.3 is 14.2 Å². The van der Waals surface area contributed by atoms with Gasteiger partial charge in [0.15, 0.2) is 11.5 Å². The Morgan fingerprint density at radius 2 is 1.93 bits per heavy atom. The summed E-state index contributed by atoms with van der Waals surface area (Å²) in [6.45, 7) is 0.436. The van der Waals surface area contributed by atoms with Gasteiger partial charge in [0.05, 0.1) is 14.2 Å². The first kappa shape index (κ1) is 11.5. The van der Waals surface area contributed by atoms with Gasteiger partial charge in [0, 0.05) is 6.07 Å². The van der Waals surface area contributed by atoms with E-state index in [9.17, 15) is 0 Å². The molecule has 1 aromatic rings. The van der Waals surface area contributed by atoms with Crippen molar-refractivity contribution in [2.45, 2.75) is 0 Å². The molecule has 0 saturated heterocycles. The summed E-state index contributed by atoms with van der Waals surface area (Å²) in [4.78, 5) is 0. The largest absolute Gasteiger partial charge is 0.493 e. The van der Waals surface area contributed by atoms with E-state index in [1.807, 2.05) is 6.07 Å². The van der Waals surface area contributed by atoms with E-state index >= 15 is 0 Å². The second-order valence-corrected chi connectivity index (χ2v) is 2.76. The van der Waals surface area contributed by atoms with Crippen molar-refractivity contribution in [1.29, 1.82) is 0 Å². The van der Waals surface area contributed by atoms with Crippen LogP contribution < -0.4 is 14.2 Å². The van der Waals surface area contributed by atoms with E-state index in [2.05, 4.69) is 0 Å². The minimum Gasteiger partial charge on any atom is -0.493 e. The molecule has 78 valence electrons. The number of benzene rings is 1. The van der Waals surface area contributed by atoms with E-state index in [1.165, 1.54) is 5.98 Å². The highest BCUT2D eigenvalue weighted by Gasteiger charge is 2.04. The molecule has 0 aromatic heterocycles. The number of ether oxygens (including phenoxy) is 3. The lowest BCUT2D eigenvalue weighted by molar-refractivity contribution is 0.339. The Morgan fingerprint density at radius 3 is 2.53 bits per heavy atom. The summed E-state index contributed by atoms with van der Waals surface area (Å²) in [6, 6.07) is 5.37. The first-order valence-corrected chi connectivity index (χ1v) is 4.53. The average molecular weight is 204 g/mol. The maximum absolute atomic E-state index is 5.39. The number of methoxy groups -OCH3 is 2. The molecule has 1 rings (SSSR count). The lowest BCUT2D eigenvalue weighted by Gasteiger charge is -2.09. The second-order valence-electron chi connectivity index (χ2n) is 2.76. The van der Waals surface area contributed by atoms with Crippen molar-refractivity contribution in [2.24, 2.45) is 0 Å². The van der Waals surface area contributed by atoms with Crippen LogP contribution in [0.4, 0.5) is 0 Å². The van der Waals surface area contributed by atoms with Gasteiger partial charge in [-0.05, 0) is 12.1 Å². The van der Waals surface area contributed by atoms with Crippen molar-refractivity contribution >= 4 is 7.85 Å². The minimum absolute atomic E-state index is 0.436. The van der Waals surface area contributed by atoms with Gasteiger partial charge in [-0.1, -0.05) is 6.08 Å². The van der Waals surface area contributed by atoms with Crippen molar-refractivity contribution in [3.63, 3.8) is 0 Å². The Hall–Kier alpha value is -1.58. The zero-order valence-electron chi connectivity index (χ0n) is 8.90. The molecule has 2 radical (unpaired) electrons. The van der Waals surface area contributed by atoms with Crippen LogP contribution in [0, 0.1) is 0 Å². The third kappa shape index (κ3) is 3.24. The van der Waals surface area contributed by atoms with Gasteiger partial charge in [-0.2, -0.15) is 0 Å². The van der Waals surface area contributed by atoms with Crippen LogP contribution in [0.1, 0.15) is 0 Å². The quantitative estimate of drug-likeness (QED) is 0.684. The van der Waals surface area contributed by atoms with Crippen LogP contribution in [-0.2, 0) is 0 Å². The van der Waals surface area contributed by atoms with Crippen LogP contribution in [0.3, 0.4) is 0 Å². The lowest BCUT2D eigenvalue weighted by atomic mass is 10.1. The summed E-state index contributed by atoms with van der Waals surface area (Å²) in [5, 5.41) is 0. The third-order valence-corrected chi connectivity index (χ3v) is 1.84. The van der Waals surface area contributed by atoms with Gasteiger partial charge in [0.25, 0.3) is 0 Å². The monoisotopic (exact) mass is 204 g/mol. The fourth-order valence-electron chi connectivity index (χ4n) is 1.11. The summed E-state index contributed by atoms with van der Waals surface area (Å²) < 4.78 is 15.6. The van der Waals surface area contributed by atoms with E-state index in [-0.39, 0.29) is 0 Å². The standard InChI is InChI=1S/C11H13BO3/c1-13-10-5-4-9(8-11(10)14-2)15-7-3-6-12/h3-6,8H,7H2,1-2H3. The molecule has 4 heteroatoms. The van der Waals surface area contributed by atoms with E-state index in [0.717, 1.165) is 0 Å². The molecule has 0 bridgehead atoms. The van der Waals surface area contributed by atoms with Crippen LogP contribution in [0.15, 0.2) is 30.3 Å². The molecule has 0 saturated carbocycles. The number of hydrogen-bond acceptors (Lipinski definition) is 3. The molecular weight excluding hydrogens is 191 g/mol. The second kappa shape index (κ2) is 6.01. The summed E-state index contributed by atoms with van der Waals surface area (Å²) in [5.41, 5.74) is 0. The molecule has 15 heavy (non-hydrogen) atoms. The molecule has 0 amide bonds. The zero-order chi connectivity index (χ0) is 11.1. The predicted octanol–water partition coefficient (Wildman–Crippen LogP) is 1.76.